The first-order valence-electron chi connectivity index (χ1n) is 8.59. The summed E-state index contributed by atoms with van der Waals surface area (Å²) in [6.07, 6.45) is 2.48. The van der Waals surface area contributed by atoms with Crippen LogP contribution < -0.4 is 22.3 Å². The first-order chi connectivity index (χ1) is 12.8. The molecule has 5 N–H and O–H groups in total. The van der Waals surface area contributed by atoms with Gasteiger partial charge in [0.25, 0.3) is 11.5 Å². The van der Waals surface area contributed by atoms with Crippen molar-refractivity contribution in [2.75, 3.05) is 12.8 Å². The van der Waals surface area contributed by atoms with Gasteiger partial charge in [0, 0.05) is 13.2 Å². The number of nitrogen functional groups attached to an aromatic ring is 1. The van der Waals surface area contributed by atoms with E-state index in [1.165, 1.54) is 12.1 Å². The number of carbonyl (C=O) groups excluding carboxylic acids is 1. The molecule has 0 spiro atoms. The number of carbonyl (C=O) groups is 1. The number of nitrogens with one attached hydrogen (secondary N) is 3. The van der Waals surface area contributed by atoms with Gasteiger partial charge in [-0.1, -0.05) is 12.1 Å². The van der Waals surface area contributed by atoms with E-state index >= 15 is 0 Å². The molecule has 1 aromatic heterocycles. The van der Waals surface area contributed by atoms with E-state index in [1.807, 2.05) is 4.98 Å². The van der Waals surface area contributed by atoms with Crippen LogP contribution in [-0.4, -0.2) is 29.0 Å². The monoisotopic (exact) mass is 376 g/mol. The fourth-order valence-electron chi connectivity index (χ4n) is 3.53. The fourth-order valence-corrected chi connectivity index (χ4v) is 3.53. The van der Waals surface area contributed by atoms with Crippen molar-refractivity contribution < 1.29 is 13.9 Å². The van der Waals surface area contributed by atoms with Gasteiger partial charge in [-0.3, -0.25) is 14.6 Å². The summed E-state index contributed by atoms with van der Waals surface area (Å²) in [7, 11) is 1.62. The van der Waals surface area contributed by atoms with Crippen LogP contribution in [0.1, 0.15) is 41.7 Å². The summed E-state index contributed by atoms with van der Waals surface area (Å²) in [6.45, 7) is 0. The minimum Gasteiger partial charge on any atom is -0.392 e. The van der Waals surface area contributed by atoms with Crippen molar-refractivity contribution in [2.24, 2.45) is 0 Å². The third-order valence-electron chi connectivity index (χ3n) is 5.10. The standard InChI is InChI=1S/C18H21FN4O4/c1-27-18(10-2-4-11(19)5-3-10)8-6-12(7-9-18)21-16(25)14-13(20)15(24)23-17(26)22-14/h2-5,12H,6-9,20H2,1H3,(H,21,25)(H2,22,23,24,26)/t12-,18-. The van der Waals surface area contributed by atoms with Gasteiger partial charge < -0.3 is 20.8 Å². The van der Waals surface area contributed by atoms with Gasteiger partial charge in [0.2, 0.25) is 0 Å². The van der Waals surface area contributed by atoms with Crippen LogP contribution >= 0.6 is 0 Å². The molecule has 1 fully saturated rings. The zero-order valence-electron chi connectivity index (χ0n) is 14.8. The average molecular weight is 376 g/mol. The SMILES string of the molecule is CO[C@]1(c2ccc(F)cc2)CC[C@@H](NC(=O)c2[nH]c(=O)[nH]c(=O)c2N)CC1. The maximum atomic E-state index is 13.2. The zero-order valence-corrected chi connectivity index (χ0v) is 14.8. The Labute approximate surface area is 153 Å². The molecule has 0 bridgehead atoms. The van der Waals surface area contributed by atoms with Crippen molar-refractivity contribution in [3.8, 4) is 0 Å². The summed E-state index contributed by atoms with van der Waals surface area (Å²) in [5.41, 5.74) is 3.76. The summed E-state index contributed by atoms with van der Waals surface area (Å²) in [5.74, 6) is -0.914. The van der Waals surface area contributed by atoms with Gasteiger partial charge in [-0.15, -0.1) is 0 Å². The molecule has 1 amide bonds. The maximum absolute atomic E-state index is 13.2. The first kappa shape index (κ1) is 18.8. The van der Waals surface area contributed by atoms with E-state index in [2.05, 4.69) is 10.3 Å². The number of nitrogens with two attached hydrogens (primary N) is 1. The fraction of sp³-hybridized carbons (Fsp3) is 0.389. The van der Waals surface area contributed by atoms with Gasteiger partial charge in [-0.2, -0.15) is 0 Å². The van der Waals surface area contributed by atoms with E-state index < -0.39 is 22.8 Å². The number of aromatic nitrogens is 2. The summed E-state index contributed by atoms with van der Waals surface area (Å²) in [4.78, 5) is 39.5. The summed E-state index contributed by atoms with van der Waals surface area (Å²) in [5, 5.41) is 2.80. The predicted molar refractivity (Wildman–Crippen MR) is 96.9 cm³/mol. The average Bonchev–Trinajstić information content (AvgIpc) is 2.66. The Kier molecular flexibility index (Phi) is 5.13. The number of ether oxygens (including phenoxy) is 1. The normalized spacial score (nSPS) is 22.4. The van der Waals surface area contributed by atoms with Gasteiger partial charge in [0.05, 0.1) is 5.60 Å². The molecule has 3 rings (SSSR count). The van der Waals surface area contributed by atoms with Crippen LogP contribution in [-0.2, 0) is 10.3 Å². The van der Waals surface area contributed by atoms with Gasteiger partial charge >= 0.3 is 5.69 Å². The van der Waals surface area contributed by atoms with Crippen molar-refractivity contribution >= 4 is 11.6 Å². The number of amides is 1. The Hall–Kier alpha value is -2.94. The highest BCUT2D eigenvalue weighted by molar-refractivity contribution is 5.96. The number of anilines is 1. The lowest BCUT2D eigenvalue weighted by atomic mass is 9.77. The van der Waals surface area contributed by atoms with Crippen LogP contribution in [0.25, 0.3) is 0 Å². The Bertz CT molecular complexity index is 943. The van der Waals surface area contributed by atoms with Crippen LogP contribution in [0.3, 0.4) is 0 Å². The van der Waals surface area contributed by atoms with Crippen molar-refractivity contribution in [1.82, 2.24) is 15.3 Å². The van der Waals surface area contributed by atoms with Crippen molar-refractivity contribution in [1.29, 1.82) is 0 Å². The van der Waals surface area contributed by atoms with E-state index in [4.69, 9.17) is 10.5 Å². The molecule has 0 radical (unpaired) electrons. The predicted octanol–water partition coefficient (Wildman–Crippen LogP) is 0.999. The lowest BCUT2D eigenvalue weighted by molar-refractivity contribution is -0.0496. The van der Waals surface area contributed by atoms with E-state index in [1.54, 1.807) is 19.2 Å². The largest absolute Gasteiger partial charge is 0.392 e. The molecule has 9 heteroatoms. The highest BCUT2D eigenvalue weighted by Crippen LogP contribution is 2.40. The zero-order chi connectivity index (χ0) is 19.6. The van der Waals surface area contributed by atoms with E-state index in [0.717, 1.165) is 5.56 Å². The van der Waals surface area contributed by atoms with Gasteiger partial charge in [-0.25, -0.2) is 9.18 Å². The second kappa shape index (κ2) is 7.36. The first-order valence-corrected chi connectivity index (χ1v) is 8.59. The van der Waals surface area contributed by atoms with Gasteiger partial charge in [0.15, 0.2) is 0 Å². The van der Waals surface area contributed by atoms with Crippen molar-refractivity contribution in [2.45, 2.75) is 37.3 Å². The van der Waals surface area contributed by atoms with Crippen molar-refractivity contribution in [3.05, 3.63) is 62.2 Å². The molecule has 0 aliphatic heterocycles. The Morgan fingerprint density at radius 2 is 1.85 bits per heavy atom. The van der Waals surface area contributed by atoms with E-state index in [9.17, 15) is 18.8 Å². The number of rotatable bonds is 4. The summed E-state index contributed by atoms with van der Waals surface area (Å²) >= 11 is 0. The molecular weight excluding hydrogens is 355 g/mol. The summed E-state index contributed by atoms with van der Waals surface area (Å²) < 4.78 is 18.9. The second-order valence-electron chi connectivity index (χ2n) is 6.65. The molecule has 1 aromatic carbocycles. The number of aromatic amines is 2. The molecule has 144 valence electrons. The highest BCUT2D eigenvalue weighted by atomic mass is 19.1. The molecule has 8 nitrogen and oxygen atoms in total. The van der Waals surface area contributed by atoms with Crippen LogP contribution in [0.4, 0.5) is 10.1 Å². The Morgan fingerprint density at radius 1 is 1.22 bits per heavy atom. The number of methoxy groups -OCH3 is 1. The smallest absolute Gasteiger partial charge is 0.326 e. The molecule has 27 heavy (non-hydrogen) atoms. The number of benzene rings is 1. The third kappa shape index (κ3) is 3.77. The molecule has 1 aliphatic rings. The minimum atomic E-state index is -0.803. The minimum absolute atomic E-state index is 0.164. The maximum Gasteiger partial charge on any atom is 0.326 e. The Balaban J connectivity index is 1.70. The number of hydrogen-bond donors (Lipinski definition) is 4. The third-order valence-corrected chi connectivity index (χ3v) is 5.10. The number of hydrogen-bond acceptors (Lipinski definition) is 5. The van der Waals surface area contributed by atoms with Gasteiger partial charge in [-0.05, 0) is 43.4 Å². The highest BCUT2D eigenvalue weighted by Gasteiger charge is 2.37. The molecule has 2 aromatic rings. The second-order valence-corrected chi connectivity index (χ2v) is 6.65. The van der Waals surface area contributed by atoms with Crippen molar-refractivity contribution in [3.63, 3.8) is 0 Å². The molecule has 0 unspecified atom stereocenters. The lowest BCUT2D eigenvalue weighted by Gasteiger charge is -2.39. The molecular formula is C18H21FN4O4. The number of halogens is 1. The van der Waals surface area contributed by atoms with Gasteiger partial charge in [0.1, 0.15) is 17.2 Å². The summed E-state index contributed by atoms with van der Waals surface area (Å²) in [6, 6.07) is 6.05. The topological polar surface area (TPSA) is 130 Å². The lowest BCUT2D eigenvalue weighted by Crippen LogP contribution is -2.44. The molecule has 1 saturated carbocycles. The van der Waals surface area contributed by atoms with E-state index in [-0.39, 0.29) is 23.2 Å². The quantitative estimate of drug-likeness (QED) is 0.632. The Morgan fingerprint density at radius 3 is 2.44 bits per heavy atom. The molecule has 0 saturated heterocycles. The van der Waals surface area contributed by atoms with Crippen LogP contribution in [0.5, 0.6) is 0 Å². The molecule has 0 atom stereocenters. The van der Waals surface area contributed by atoms with Crippen LogP contribution in [0.15, 0.2) is 33.9 Å². The number of H-pyrrole nitrogens is 2. The molecule has 1 heterocycles. The van der Waals surface area contributed by atoms with Crippen LogP contribution in [0.2, 0.25) is 0 Å². The van der Waals surface area contributed by atoms with Crippen LogP contribution in [0, 0.1) is 5.82 Å². The molecule has 1 aliphatic carbocycles. The van der Waals surface area contributed by atoms with E-state index in [0.29, 0.717) is 25.7 Å².